The van der Waals surface area contributed by atoms with Gasteiger partial charge in [0.05, 0.1) is 9.73 Å². The number of rotatable bonds is 3. The molecule has 2 N–H and O–H groups in total. The van der Waals surface area contributed by atoms with Gasteiger partial charge in [-0.15, -0.1) is 4.36 Å². The van der Waals surface area contributed by atoms with Gasteiger partial charge in [-0.2, -0.15) is 0 Å². The van der Waals surface area contributed by atoms with Crippen LogP contribution in [0, 0.1) is 0 Å². The number of carbonyl (C=O) groups excluding carboxylic acids is 2. The molecule has 1 aromatic rings. The number of benzene rings is 1. The van der Waals surface area contributed by atoms with E-state index < -0.39 is 27.0 Å². The first-order chi connectivity index (χ1) is 9.51. The molecule has 1 aromatic carbocycles. The zero-order chi connectivity index (χ0) is 14.6. The summed E-state index contributed by atoms with van der Waals surface area (Å²) in [6.45, 7) is 0.0555. The number of nitrogens with zero attached hydrogens (tertiary/aromatic N) is 1. The van der Waals surface area contributed by atoms with Crippen molar-refractivity contribution in [2.75, 3.05) is 5.75 Å². The van der Waals surface area contributed by atoms with Gasteiger partial charge in [-0.25, -0.2) is 9.00 Å². The molecule has 108 valence electrons. The van der Waals surface area contributed by atoms with E-state index in [-0.39, 0.29) is 12.4 Å². The third-order valence-corrected chi connectivity index (χ3v) is 5.79. The van der Waals surface area contributed by atoms with Crippen LogP contribution in [0.15, 0.2) is 34.7 Å². The van der Waals surface area contributed by atoms with Crippen LogP contribution in [0.2, 0.25) is 0 Å². The van der Waals surface area contributed by atoms with Crippen LogP contribution in [0.1, 0.15) is 18.4 Å². The van der Waals surface area contributed by atoms with E-state index in [9.17, 15) is 13.8 Å². The van der Waals surface area contributed by atoms with Crippen LogP contribution in [0.5, 0.6) is 0 Å². The summed E-state index contributed by atoms with van der Waals surface area (Å²) in [4.78, 5) is 22.8. The van der Waals surface area contributed by atoms with Gasteiger partial charge in [-0.3, -0.25) is 4.79 Å². The average molecular weight is 296 g/mol. The van der Waals surface area contributed by atoms with Crippen LogP contribution in [-0.4, -0.2) is 27.2 Å². The highest BCUT2D eigenvalue weighted by Crippen LogP contribution is 2.22. The SMILES string of the molecule is NC(=O)C1CCCS1(=O)=NC(=O)OCc1ccccc1. The Labute approximate surface area is 117 Å². The number of primary amides is 1. The molecule has 1 heterocycles. The van der Waals surface area contributed by atoms with Crippen LogP contribution >= 0.6 is 0 Å². The fraction of sp³-hybridized carbons (Fsp3) is 0.385. The van der Waals surface area contributed by atoms with E-state index in [4.69, 9.17) is 10.5 Å². The lowest BCUT2D eigenvalue weighted by atomic mass is 10.2. The van der Waals surface area contributed by atoms with Crippen LogP contribution in [0.4, 0.5) is 4.79 Å². The van der Waals surface area contributed by atoms with Crippen LogP contribution in [0.25, 0.3) is 0 Å². The van der Waals surface area contributed by atoms with E-state index in [1.807, 2.05) is 18.2 Å². The molecule has 20 heavy (non-hydrogen) atoms. The lowest BCUT2D eigenvalue weighted by molar-refractivity contribution is -0.117. The average Bonchev–Trinajstić information content (AvgIpc) is 2.79. The van der Waals surface area contributed by atoms with E-state index in [1.165, 1.54) is 0 Å². The maximum Gasteiger partial charge on any atom is 0.442 e. The Morgan fingerprint density at radius 3 is 2.70 bits per heavy atom. The molecule has 1 aliphatic rings. The van der Waals surface area contributed by atoms with E-state index in [1.54, 1.807) is 12.1 Å². The minimum atomic E-state index is -2.92. The first-order valence-electron chi connectivity index (χ1n) is 6.25. The largest absolute Gasteiger partial charge is 0.443 e. The Morgan fingerprint density at radius 1 is 1.35 bits per heavy atom. The fourth-order valence-electron chi connectivity index (χ4n) is 2.11. The van der Waals surface area contributed by atoms with Gasteiger partial charge in [0.2, 0.25) is 5.91 Å². The molecule has 0 aliphatic carbocycles. The van der Waals surface area contributed by atoms with Gasteiger partial charge in [0.15, 0.2) is 0 Å². The van der Waals surface area contributed by atoms with Gasteiger partial charge in [0, 0.05) is 5.75 Å². The quantitative estimate of drug-likeness (QED) is 0.912. The number of amides is 2. The first-order valence-corrected chi connectivity index (χ1v) is 8.00. The second-order valence-corrected chi connectivity index (χ2v) is 7.10. The van der Waals surface area contributed by atoms with Crippen LogP contribution in [0.3, 0.4) is 0 Å². The second-order valence-electron chi connectivity index (χ2n) is 4.56. The minimum absolute atomic E-state index is 0.0555. The molecule has 2 unspecified atom stereocenters. The molecule has 6 nitrogen and oxygen atoms in total. The second kappa shape index (κ2) is 6.04. The Kier molecular flexibility index (Phi) is 4.39. The summed E-state index contributed by atoms with van der Waals surface area (Å²) in [6, 6.07) is 9.09. The summed E-state index contributed by atoms with van der Waals surface area (Å²) >= 11 is 0. The normalized spacial score (nSPS) is 25.1. The van der Waals surface area contributed by atoms with Crippen LogP contribution < -0.4 is 5.73 Å². The van der Waals surface area contributed by atoms with E-state index >= 15 is 0 Å². The van der Waals surface area contributed by atoms with Gasteiger partial charge in [0.25, 0.3) is 0 Å². The summed E-state index contributed by atoms with van der Waals surface area (Å²) in [5.74, 6) is -0.465. The third kappa shape index (κ3) is 3.36. The van der Waals surface area contributed by atoms with Crippen molar-refractivity contribution >= 4 is 21.7 Å². The van der Waals surface area contributed by atoms with E-state index in [0.29, 0.717) is 12.8 Å². The van der Waals surface area contributed by atoms with E-state index in [0.717, 1.165) is 5.56 Å². The van der Waals surface area contributed by atoms with Crippen LogP contribution in [-0.2, 0) is 25.9 Å². The molecule has 7 heteroatoms. The predicted octanol–water partition coefficient (Wildman–Crippen LogP) is 1.44. The molecular weight excluding hydrogens is 280 g/mol. The highest BCUT2D eigenvalue weighted by atomic mass is 32.2. The molecule has 2 rings (SSSR count). The highest BCUT2D eigenvalue weighted by Gasteiger charge is 2.35. The summed E-state index contributed by atoms with van der Waals surface area (Å²) in [5.41, 5.74) is 5.99. The summed E-state index contributed by atoms with van der Waals surface area (Å²) in [5, 5.41) is -0.855. The van der Waals surface area contributed by atoms with Crippen molar-refractivity contribution in [1.82, 2.24) is 0 Å². The lowest BCUT2D eigenvalue weighted by Crippen LogP contribution is -2.32. The molecule has 1 saturated heterocycles. The van der Waals surface area contributed by atoms with Crippen molar-refractivity contribution in [3.8, 4) is 0 Å². The molecule has 2 amide bonds. The van der Waals surface area contributed by atoms with Crippen molar-refractivity contribution in [3.05, 3.63) is 35.9 Å². The third-order valence-electron chi connectivity index (χ3n) is 3.10. The van der Waals surface area contributed by atoms with Gasteiger partial charge in [-0.1, -0.05) is 30.3 Å². The fourth-order valence-corrected chi connectivity index (χ4v) is 4.39. The molecule has 0 saturated carbocycles. The Balaban J connectivity index is 2.05. The summed E-state index contributed by atoms with van der Waals surface area (Å²) in [7, 11) is -2.92. The summed E-state index contributed by atoms with van der Waals surface area (Å²) in [6.07, 6.45) is 0.0675. The molecule has 1 fully saturated rings. The first kappa shape index (κ1) is 14.5. The maximum atomic E-state index is 12.4. The topological polar surface area (TPSA) is 98.8 Å². The zero-order valence-corrected chi connectivity index (χ0v) is 11.7. The predicted molar refractivity (Wildman–Crippen MR) is 74.3 cm³/mol. The number of hydrogen-bond acceptors (Lipinski definition) is 4. The van der Waals surface area contributed by atoms with Crippen molar-refractivity contribution in [1.29, 1.82) is 0 Å². The Hall–Kier alpha value is -1.89. The molecule has 2 atom stereocenters. The van der Waals surface area contributed by atoms with Gasteiger partial charge < -0.3 is 10.5 Å². The number of hydrogen-bond donors (Lipinski definition) is 1. The zero-order valence-electron chi connectivity index (χ0n) is 10.9. The molecule has 0 aromatic heterocycles. The standard InChI is InChI=1S/C13H16N2O4S/c14-12(16)11-7-4-8-20(11,18)15-13(17)19-9-10-5-2-1-3-6-10/h1-3,5-6,11H,4,7-9H2,(H2,14,16). The maximum absolute atomic E-state index is 12.4. The van der Waals surface area contributed by atoms with Gasteiger partial charge >= 0.3 is 6.09 Å². The molecular formula is C13H16N2O4S. The van der Waals surface area contributed by atoms with Crippen molar-refractivity contribution in [2.45, 2.75) is 24.7 Å². The van der Waals surface area contributed by atoms with Crippen molar-refractivity contribution in [2.24, 2.45) is 10.1 Å². The lowest BCUT2D eigenvalue weighted by Gasteiger charge is -2.09. The monoisotopic (exact) mass is 296 g/mol. The highest BCUT2D eigenvalue weighted by molar-refractivity contribution is 7.95. The number of ether oxygens (including phenoxy) is 1. The number of nitrogens with two attached hydrogens (primary N) is 1. The van der Waals surface area contributed by atoms with Gasteiger partial charge in [-0.05, 0) is 18.4 Å². The minimum Gasteiger partial charge on any atom is -0.443 e. The Morgan fingerprint density at radius 2 is 2.05 bits per heavy atom. The molecule has 1 aliphatic heterocycles. The summed E-state index contributed by atoms with van der Waals surface area (Å²) < 4.78 is 20.9. The Bertz CT molecular complexity index is 621. The van der Waals surface area contributed by atoms with Crippen molar-refractivity contribution < 1.29 is 18.5 Å². The molecule has 0 radical (unpaired) electrons. The number of carbonyl (C=O) groups is 2. The van der Waals surface area contributed by atoms with Crippen molar-refractivity contribution in [3.63, 3.8) is 0 Å². The molecule has 0 bridgehead atoms. The van der Waals surface area contributed by atoms with E-state index in [2.05, 4.69) is 4.36 Å². The van der Waals surface area contributed by atoms with Gasteiger partial charge in [0.1, 0.15) is 11.9 Å². The smallest absolute Gasteiger partial charge is 0.442 e. The molecule has 0 spiro atoms.